The summed E-state index contributed by atoms with van der Waals surface area (Å²) in [5, 5.41) is 0. The number of fused-ring (bicyclic) bond motifs is 5. The van der Waals surface area contributed by atoms with Crippen molar-refractivity contribution in [2.75, 3.05) is 11.5 Å². The van der Waals surface area contributed by atoms with Crippen LogP contribution in [0.4, 0.5) is 11.4 Å². The molecule has 4 aliphatic carbocycles. The van der Waals surface area contributed by atoms with E-state index in [-0.39, 0.29) is 16.9 Å². The SMILES string of the molecule is C=CC(C)CCCC(C)C1CCC2C3CC=C4C(C)(C)C(Oc5ccc(N)cc5N)CCC4(C=C)C3CCC12C. The molecular weight excluding hydrogens is 488 g/mol. The predicted octanol–water partition coefficient (Wildman–Crippen LogP) is 9.61. The molecule has 1 aromatic rings. The molecule has 5 rings (SSSR count). The van der Waals surface area contributed by atoms with E-state index in [9.17, 15) is 0 Å². The van der Waals surface area contributed by atoms with Gasteiger partial charge in [-0.25, -0.2) is 0 Å². The molecule has 40 heavy (non-hydrogen) atoms. The van der Waals surface area contributed by atoms with E-state index in [2.05, 4.69) is 66.0 Å². The highest BCUT2D eigenvalue weighted by Crippen LogP contribution is 2.69. The molecule has 9 atom stereocenters. The van der Waals surface area contributed by atoms with Crippen LogP contribution in [0.3, 0.4) is 0 Å². The molecule has 0 bridgehead atoms. The first-order valence-electron chi connectivity index (χ1n) is 16.3. The second-order valence-electron chi connectivity index (χ2n) is 15.0. The van der Waals surface area contributed by atoms with E-state index >= 15 is 0 Å². The third-order valence-corrected chi connectivity index (χ3v) is 12.7. The van der Waals surface area contributed by atoms with E-state index in [0.717, 1.165) is 42.3 Å². The van der Waals surface area contributed by atoms with Crippen LogP contribution in [0, 0.1) is 51.8 Å². The number of nitrogen functional groups attached to an aromatic ring is 2. The van der Waals surface area contributed by atoms with E-state index in [0.29, 0.717) is 28.6 Å². The van der Waals surface area contributed by atoms with E-state index in [1.165, 1.54) is 51.4 Å². The van der Waals surface area contributed by atoms with Gasteiger partial charge in [-0.3, -0.25) is 0 Å². The zero-order chi connectivity index (χ0) is 28.9. The highest BCUT2D eigenvalue weighted by atomic mass is 16.5. The van der Waals surface area contributed by atoms with Gasteiger partial charge in [0.05, 0.1) is 5.69 Å². The van der Waals surface area contributed by atoms with Crippen molar-refractivity contribution < 1.29 is 4.74 Å². The minimum atomic E-state index is -0.0821. The molecular formula is C37H56N2O. The summed E-state index contributed by atoms with van der Waals surface area (Å²) >= 11 is 0. The molecule has 0 heterocycles. The van der Waals surface area contributed by atoms with Gasteiger partial charge in [-0.2, -0.15) is 0 Å². The number of nitrogens with two attached hydrogens (primary N) is 2. The maximum atomic E-state index is 6.65. The maximum absolute atomic E-state index is 6.65. The fourth-order valence-electron chi connectivity index (χ4n) is 10.4. The van der Waals surface area contributed by atoms with Gasteiger partial charge < -0.3 is 16.2 Å². The van der Waals surface area contributed by atoms with Crippen LogP contribution in [0.15, 0.2) is 55.2 Å². The van der Waals surface area contributed by atoms with Gasteiger partial charge in [-0.1, -0.05) is 71.3 Å². The Morgan fingerprint density at radius 1 is 1.00 bits per heavy atom. The number of benzene rings is 1. The van der Waals surface area contributed by atoms with Crippen molar-refractivity contribution in [2.24, 2.45) is 51.8 Å². The number of hydrogen-bond acceptors (Lipinski definition) is 3. The minimum absolute atomic E-state index is 0.0821. The topological polar surface area (TPSA) is 61.3 Å². The van der Waals surface area contributed by atoms with Crippen LogP contribution in [0.2, 0.25) is 0 Å². The van der Waals surface area contributed by atoms with E-state index < -0.39 is 0 Å². The second kappa shape index (κ2) is 10.9. The molecule has 3 heteroatoms. The summed E-state index contributed by atoms with van der Waals surface area (Å²) in [4.78, 5) is 0. The third kappa shape index (κ3) is 4.74. The minimum Gasteiger partial charge on any atom is -0.487 e. The van der Waals surface area contributed by atoms with Crippen molar-refractivity contribution in [1.82, 2.24) is 0 Å². The second-order valence-corrected chi connectivity index (χ2v) is 15.0. The Bertz CT molecular complexity index is 1130. The number of ether oxygens (including phenoxy) is 1. The van der Waals surface area contributed by atoms with Crippen molar-refractivity contribution in [3.8, 4) is 5.75 Å². The summed E-state index contributed by atoms with van der Waals surface area (Å²) in [5.41, 5.74) is 15.6. The summed E-state index contributed by atoms with van der Waals surface area (Å²) < 4.78 is 6.65. The summed E-state index contributed by atoms with van der Waals surface area (Å²) in [7, 11) is 0. The molecule has 3 saturated carbocycles. The third-order valence-electron chi connectivity index (χ3n) is 12.7. The molecule has 3 nitrogen and oxygen atoms in total. The summed E-state index contributed by atoms with van der Waals surface area (Å²) in [6.45, 7) is 20.8. The molecule has 4 aliphatic rings. The van der Waals surface area contributed by atoms with Crippen LogP contribution in [0.5, 0.6) is 5.75 Å². The van der Waals surface area contributed by atoms with Crippen LogP contribution in [-0.4, -0.2) is 6.10 Å². The number of allylic oxidation sites excluding steroid dienone is 3. The number of rotatable bonds is 9. The number of hydrogen-bond donors (Lipinski definition) is 2. The lowest BCUT2D eigenvalue weighted by molar-refractivity contribution is -0.0640. The Morgan fingerprint density at radius 3 is 2.48 bits per heavy atom. The Morgan fingerprint density at radius 2 is 1.77 bits per heavy atom. The fourth-order valence-corrected chi connectivity index (χ4v) is 10.4. The average Bonchev–Trinajstić information content (AvgIpc) is 3.28. The smallest absolute Gasteiger partial charge is 0.142 e. The van der Waals surface area contributed by atoms with Crippen molar-refractivity contribution >= 4 is 11.4 Å². The maximum Gasteiger partial charge on any atom is 0.142 e. The first-order chi connectivity index (χ1) is 19.0. The predicted molar refractivity (Wildman–Crippen MR) is 171 cm³/mol. The van der Waals surface area contributed by atoms with E-state index in [4.69, 9.17) is 16.2 Å². The molecule has 0 amide bonds. The molecule has 4 N–H and O–H groups in total. The lowest BCUT2D eigenvalue weighted by Gasteiger charge is -2.61. The van der Waals surface area contributed by atoms with Gasteiger partial charge in [0.25, 0.3) is 0 Å². The highest BCUT2D eigenvalue weighted by Gasteiger charge is 2.62. The Balaban J connectivity index is 1.36. The van der Waals surface area contributed by atoms with Gasteiger partial charge in [0.15, 0.2) is 0 Å². The lowest BCUT2D eigenvalue weighted by atomic mass is 9.43. The van der Waals surface area contributed by atoms with Gasteiger partial charge >= 0.3 is 0 Å². The van der Waals surface area contributed by atoms with Crippen LogP contribution in [0.25, 0.3) is 0 Å². The first kappa shape index (κ1) is 29.3. The number of anilines is 2. The molecule has 9 unspecified atom stereocenters. The summed E-state index contributed by atoms with van der Waals surface area (Å²) in [6, 6.07) is 5.62. The monoisotopic (exact) mass is 544 g/mol. The highest BCUT2D eigenvalue weighted by molar-refractivity contribution is 5.60. The van der Waals surface area contributed by atoms with Gasteiger partial charge in [0.2, 0.25) is 0 Å². The van der Waals surface area contributed by atoms with Crippen molar-refractivity contribution in [3.05, 3.63) is 55.2 Å². The molecule has 1 aromatic carbocycles. The van der Waals surface area contributed by atoms with Gasteiger partial charge in [0, 0.05) is 16.5 Å². The Kier molecular flexibility index (Phi) is 8.01. The van der Waals surface area contributed by atoms with Crippen LogP contribution >= 0.6 is 0 Å². The standard InChI is InChI=1S/C37H56N2O/c1-8-24(3)11-10-12-25(4)28-15-16-29-27-14-18-33-35(5,6)34(40-32-17-13-26(38)23-31(32)39)20-22-37(33,9-2)30(27)19-21-36(28,29)7/h8-9,13,17-18,23-25,27-30,34H,1-2,10-12,14-16,19-22,38-39H2,3-7H3. The summed E-state index contributed by atoms with van der Waals surface area (Å²) in [5.74, 6) is 5.40. The van der Waals surface area contributed by atoms with Crippen molar-refractivity contribution in [3.63, 3.8) is 0 Å². The van der Waals surface area contributed by atoms with E-state index in [1.807, 2.05) is 12.1 Å². The van der Waals surface area contributed by atoms with Gasteiger partial charge in [-0.05, 0) is 110 Å². The molecule has 0 radical (unpaired) electrons. The fraction of sp³-hybridized carbons (Fsp3) is 0.676. The largest absolute Gasteiger partial charge is 0.487 e. The van der Waals surface area contributed by atoms with Crippen molar-refractivity contribution in [2.45, 2.75) is 105 Å². The average molecular weight is 545 g/mol. The Labute approximate surface area is 244 Å². The normalized spacial score (nSPS) is 37.7. The quantitative estimate of drug-likeness (QED) is 0.240. The van der Waals surface area contributed by atoms with E-state index in [1.54, 1.807) is 11.6 Å². The first-order valence-corrected chi connectivity index (χ1v) is 16.3. The Hall–Kier alpha value is -2.16. The zero-order valence-electron chi connectivity index (χ0n) is 26.1. The summed E-state index contributed by atoms with van der Waals surface area (Å²) in [6.07, 6.45) is 20.1. The van der Waals surface area contributed by atoms with Crippen molar-refractivity contribution in [1.29, 1.82) is 0 Å². The van der Waals surface area contributed by atoms with Crippen LogP contribution in [-0.2, 0) is 0 Å². The molecule has 3 fully saturated rings. The molecule has 220 valence electrons. The van der Waals surface area contributed by atoms with Crippen LogP contribution < -0.4 is 16.2 Å². The molecule has 0 spiro atoms. The van der Waals surface area contributed by atoms with Crippen LogP contribution in [0.1, 0.15) is 98.8 Å². The van der Waals surface area contributed by atoms with Gasteiger partial charge in [0.1, 0.15) is 11.9 Å². The van der Waals surface area contributed by atoms with Gasteiger partial charge in [-0.15, -0.1) is 13.2 Å². The lowest BCUT2D eigenvalue weighted by Crippen LogP contribution is -2.55. The molecule has 0 aromatic heterocycles. The molecule has 0 saturated heterocycles. The molecule has 0 aliphatic heterocycles. The zero-order valence-corrected chi connectivity index (χ0v) is 26.1.